The van der Waals surface area contributed by atoms with Gasteiger partial charge in [0.05, 0.1) is 0 Å². The van der Waals surface area contributed by atoms with E-state index in [2.05, 4.69) is 0 Å². The van der Waals surface area contributed by atoms with Gasteiger partial charge in [-0.2, -0.15) is 0 Å². The first-order valence-corrected chi connectivity index (χ1v) is 5.05. The summed E-state index contributed by atoms with van der Waals surface area (Å²) in [5.41, 5.74) is 5.40. The third kappa shape index (κ3) is 4.46. The molecule has 0 radical (unpaired) electrons. The Labute approximate surface area is 86.1 Å². The van der Waals surface area contributed by atoms with Crippen LogP contribution in [0.15, 0.2) is 0 Å². The summed E-state index contributed by atoms with van der Waals surface area (Å²) in [6, 6.07) is 0.0965. The summed E-state index contributed by atoms with van der Waals surface area (Å²) in [5.74, 6) is 0. The molecule has 0 aromatic carbocycles. The van der Waals surface area contributed by atoms with Gasteiger partial charge in [0, 0.05) is 18.1 Å². The Morgan fingerprint density at radius 1 is 1.50 bits per heavy atom. The van der Waals surface area contributed by atoms with Crippen molar-refractivity contribution in [3.05, 3.63) is 0 Å². The largest absolute Gasteiger partial charge is 0.465 e. The molecule has 0 heterocycles. The van der Waals surface area contributed by atoms with E-state index in [-0.39, 0.29) is 11.6 Å². The van der Waals surface area contributed by atoms with Gasteiger partial charge < -0.3 is 15.7 Å². The maximum atomic E-state index is 10.9. The van der Waals surface area contributed by atoms with E-state index in [1.54, 1.807) is 0 Å². The van der Waals surface area contributed by atoms with E-state index >= 15 is 0 Å². The van der Waals surface area contributed by atoms with Crippen LogP contribution >= 0.6 is 0 Å². The first-order valence-electron chi connectivity index (χ1n) is 5.05. The number of nitrogens with zero attached hydrogens (tertiary/aromatic N) is 1. The summed E-state index contributed by atoms with van der Waals surface area (Å²) in [4.78, 5) is 12.4. The van der Waals surface area contributed by atoms with Crippen molar-refractivity contribution in [3.63, 3.8) is 0 Å². The molecule has 0 aromatic rings. The van der Waals surface area contributed by atoms with Gasteiger partial charge in [-0.1, -0.05) is 6.92 Å². The molecule has 0 rings (SSSR count). The normalized spacial score (nSPS) is 13.8. The number of hydrogen-bond donors (Lipinski definition) is 2. The highest BCUT2D eigenvalue weighted by Crippen LogP contribution is 2.14. The van der Waals surface area contributed by atoms with Crippen molar-refractivity contribution in [2.45, 2.75) is 52.1 Å². The second kappa shape index (κ2) is 5.20. The molecule has 14 heavy (non-hydrogen) atoms. The van der Waals surface area contributed by atoms with Crippen LogP contribution in [0.3, 0.4) is 0 Å². The van der Waals surface area contributed by atoms with Crippen molar-refractivity contribution in [1.29, 1.82) is 0 Å². The Morgan fingerprint density at radius 2 is 2.00 bits per heavy atom. The van der Waals surface area contributed by atoms with Gasteiger partial charge in [-0.05, 0) is 33.6 Å². The van der Waals surface area contributed by atoms with Crippen LogP contribution in [0, 0.1) is 0 Å². The molecule has 0 saturated heterocycles. The maximum Gasteiger partial charge on any atom is 0.407 e. The van der Waals surface area contributed by atoms with Crippen molar-refractivity contribution in [3.8, 4) is 0 Å². The molecule has 0 aliphatic rings. The molecule has 1 unspecified atom stereocenters. The smallest absolute Gasteiger partial charge is 0.407 e. The van der Waals surface area contributed by atoms with E-state index in [9.17, 15) is 4.79 Å². The average Bonchev–Trinajstić information content (AvgIpc) is 2.01. The first kappa shape index (κ1) is 13.2. The lowest BCUT2D eigenvalue weighted by molar-refractivity contribution is 0.0981. The van der Waals surface area contributed by atoms with Crippen LogP contribution in [-0.4, -0.2) is 34.2 Å². The fraction of sp³-hybridized carbons (Fsp3) is 0.900. The third-order valence-electron chi connectivity index (χ3n) is 2.29. The van der Waals surface area contributed by atoms with Gasteiger partial charge in [0.15, 0.2) is 0 Å². The number of hydrogen-bond acceptors (Lipinski definition) is 2. The summed E-state index contributed by atoms with van der Waals surface area (Å²) in [6.45, 7) is 8.18. The number of rotatable bonds is 4. The molecule has 0 aliphatic heterocycles. The van der Waals surface area contributed by atoms with Crippen LogP contribution in [0.4, 0.5) is 4.79 Å². The van der Waals surface area contributed by atoms with Crippen molar-refractivity contribution in [1.82, 2.24) is 4.90 Å². The second-order valence-corrected chi connectivity index (χ2v) is 4.56. The SMILES string of the molecule is CCC(N)CCN(C(=O)O)C(C)(C)C. The minimum absolute atomic E-state index is 0.0965. The monoisotopic (exact) mass is 202 g/mol. The molecule has 1 amide bonds. The van der Waals surface area contributed by atoms with Crippen molar-refractivity contribution in [2.24, 2.45) is 5.73 Å². The van der Waals surface area contributed by atoms with E-state index in [0.717, 1.165) is 12.8 Å². The minimum atomic E-state index is -0.874. The Balaban J connectivity index is 4.19. The molecule has 0 bridgehead atoms. The lowest BCUT2D eigenvalue weighted by Gasteiger charge is -2.33. The van der Waals surface area contributed by atoms with Gasteiger partial charge >= 0.3 is 6.09 Å². The Hall–Kier alpha value is -0.770. The predicted octanol–water partition coefficient (Wildman–Crippen LogP) is 1.89. The average molecular weight is 202 g/mol. The highest BCUT2D eigenvalue weighted by molar-refractivity contribution is 5.65. The Bertz CT molecular complexity index is 187. The zero-order valence-electron chi connectivity index (χ0n) is 9.58. The van der Waals surface area contributed by atoms with E-state index in [1.165, 1.54) is 4.90 Å². The zero-order valence-corrected chi connectivity index (χ0v) is 9.58. The predicted molar refractivity (Wildman–Crippen MR) is 57.4 cm³/mol. The summed E-state index contributed by atoms with van der Waals surface area (Å²) >= 11 is 0. The van der Waals surface area contributed by atoms with Crippen molar-refractivity contribution in [2.75, 3.05) is 6.54 Å². The van der Waals surface area contributed by atoms with E-state index in [1.807, 2.05) is 27.7 Å². The zero-order chi connectivity index (χ0) is 11.4. The number of amides is 1. The van der Waals surface area contributed by atoms with E-state index < -0.39 is 6.09 Å². The number of carbonyl (C=O) groups is 1. The summed E-state index contributed by atoms with van der Waals surface area (Å²) in [6.07, 6.45) is 0.735. The molecule has 4 nitrogen and oxygen atoms in total. The van der Waals surface area contributed by atoms with Crippen LogP contribution < -0.4 is 5.73 Å². The van der Waals surface area contributed by atoms with E-state index in [0.29, 0.717) is 6.54 Å². The van der Waals surface area contributed by atoms with Crippen LogP contribution in [0.5, 0.6) is 0 Å². The standard InChI is InChI=1S/C10H22N2O2/c1-5-8(11)6-7-12(9(13)14)10(2,3)4/h8H,5-7,11H2,1-4H3,(H,13,14). The molecule has 0 aromatic heterocycles. The summed E-state index contributed by atoms with van der Waals surface area (Å²) in [7, 11) is 0. The van der Waals surface area contributed by atoms with Gasteiger partial charge in [0.1, 0.15) is 0 Å². The third-order valence-corrected chi connectivity index (χ3v) is 2.29. The summed E-state index contributed by atoms with van der Waals surface area (Å²) < 4.78 is 0. The lowest BCUT2D eigenvalue weighted by atomic mass is 10.1. The number of carboxylic acid groups (broad SMARTS) is 1. The van der Waals surface area contributed by atoms with Crippen LogP contribution in [0.2, 0.25) is 0 Å². The molecule has 84 valence electrons. The highest BCUT2D eigenvalue weighted by atomic mass is 16.4. The Kier molecular flexibility index (Phi) is 4.91. The molecule has 0 spiro atoms. The number of nitrogens with two attached hydrogens (primary N) is 1. The topological polar surface area (TPSA) is 66.6 Å². The fourth-order valence-electron chi connectivity index (χ4n) is 1.22. The van der Waals surface area contributed by atoms with E-state index in [4.69, 9.17) is 10.8 Å². The molecule has 0 saturated carbocycles. The van der Waals surface area contributed by atoms with Crippen molar-refractivity contribution < 1.29 is 9.90 Å². The molecule has 1 atom stereocenters. The molecule has 0 aliphatic carbocycles. The van der Waals surface area contributed by atoms with Gasteiger partial charge in [-0.15, -0.1) is 0 Å². The molecular weight excluding hydrogens is 180 g/mol. The first-order chi connectivity index (χ1) is 6.29. The summed E-state index contributed by atoms with van der Waals surface area (Å²) in [5, 5.41) is 8.98. The van der Waals surface area contributed by atoms with Gasteiger partial charge in [-0.25, -0.2) is 4.79 Å². The quantitative estimate of drug-likeness (QED) is 0.731. The van der Waals surface area contributed by atoms with Gasteiger partial charge in [0.2, 0.25) is 0 Å². The molecule has 0 fully saturated rings. The van der Waals surface area contributed by atoms with Gasteiger partial charge in [0.25, 0.3) is 0 Å². The second-order valence-electron chi connectivity index (χ2n) is 4.56. The van der Waals surface area contributed by atoms with Crippen LogP contribution in [0.1, 0.15) is 40.5 Å². The molecule has 3 N–H and O–H groups in total. The highest BCUT2D eigenvalue weighted by Gasteiger charge is 2.25. The maximum absolute atomic E-state index is 10.9. The minimum Gasteiger partial charge on any atom is -0.465 e. The van der Waals surface area contributed by atoms with Crippen LogP contribution in [0.25, 0.3) is 0 Å². The van der Waals surface area contributed by atoms with Crippen LogP contribution in [-0.2, 0) is 0 Å². The Morgan fingerprint density at radius 3 is 2.29 bits per heavy atom. The molecular formula is C10H22N2O2. The van der Waals surface area contributed by atoms with Crippen molar-refractivity contribution >= 4 is 6.09 Å². The molecule has 4 heteroatoms. The fourth-order valence-corrected chi connectivity index (χ4v) is 1.22. The lowest BCUT2D eigenvalue weighted by Crippen LogP contribution is -2.46. The van der Waals surface area contributed by atoms with Gasteiger partial charge in [-0.3, -0.25) is 0 Å².